The van der Waals surface area contributed by atoms with Crippen LogP contribution in [0, 0.1) is 0 Å². The molecular formula is C28H25BrClN. The highest BCUT2D eigenvalue weighted by Crippen LogP contribution is 2.42. The van der Waals surface area contributed by atoms with Gasteiger partial charge in [-0.25, -0.2) is 0 Å². The van der Waals surface area contributed by atoms with E-state index in [0.29, 0.717) is 5.02 Å². The van der Waals surface area contributed by atoms with E-state index < -0.39 is 0 Å². The molecule has 3 heteroatoms. The van der Waals surface area contributed by atoms with Gasteiger partial charge in [-0.2, -0.15) is 0 Å². The van der Waals surface area contributed by atoms with Crippen LogP contribution >= 0.6 is 27.5 Å². The fraction of sp³-hybridized carbons (Fsp3) is 0.143. The first-order valence-electron chi connectivity index (χ1n) is 10.3. The Hall–Kier alpha value is -2.55. The summed E-state index contributed by atoms with van der Waals surface area (Å²) in [6, 6.07) is 33.8. The standard InChI is InChI=1S/C28H25BrClN/c1-28(2,3)21-13-15-24(16-14-21)31(25-18-22(29)17-23(30)19-25)27-12-8-7-11-26(27)20-9-5-4-6-10-20/h4-19H,1-3H3. The van der Waals surface area contributed by atoms with Crippen molar-refractivity contribution in [1.82, 2.24) is 0 Å². The van der Waals surface area contributed by atoms with Crippen LogP contribution in [0.5, 0.6) is 0 Å². The molecule has 0 aliphatic carbocycles. The van der Waals surface area contributed by atoms with Crippen molar-refractivity contribution in [2.45, 2.75) is 26.2 Å². The molecular weight excluding hydrogens is 466 g/mol. The maximum Gasteiger partial charge on any atom is 0.0540 e. The summed E-state index contributed by atoms with van der Waals surface area (Å²) in [5, 5.41) is 0.692. The van der Waals surface area contributed by atoms with Crippen LogP contribution in [0.3, 0.4) is 0 Å². The maximum atomic E-state index is 6.45. The Bertz CT molecular complexity index is 1160. The molecule has 0 aromatic heterocycles. The lowest BCUT2D eigenvalue weighted by Crippen LogP contribution is -2.13. The van der Waals surface area contributed by atoms with Crippen LogP contribution in [0.1, 0.15) is 26.3 Å². The van der Waals surface area contributed by atoms with Crippen LogP contribution < -0.4 is 4.90 Å². The first-order valence-corrected chi connectivity index (χ1v) is 11.5. The Morgan fingerprint density at radius 3 is 2.00 bits per heavy atom. The Morgan fingerprint density at radius 2 is 1.35 bits per heavy atom. The molecule has 0 aliphatic heterocycles. The molecule has 0 fully saturated rings. The van der Waals surface area contributed by atoms with Gasteiger partial charge in [0.1, 0.15) is 0 Å². The third-order valence-electron chi connectivity index (χ3n) is 5.33. The van der Waals surface area contributed by atoms with E-state index in [0.717, 1.165) is 21.5 Å². The van der Waals surface area contributed by atoms with Crippen LogP contribution in [-0.2, 0) is 5.41 Å². The van der Waals surface area contributed by atoms with Gasteiger partial charge in [0.05, 0.1) is 5.69 Å². The van der Waals surface area contributed by atoms with E-state index in [4.69, 9.17) is 11.6 Å². The predicted octanol–water partition coefficient (Wildman–Crippen LogP) is 9.54. The topological polar surface area (TPSA) is 3.24 Å². The minimum Gasteiger partial charge on any atom is -0.310 e. The third kappa shape index (κ3) is 4.87. The molecule has 0 spiro atoms. The van der Waals surface area contributed by atoms with Crippen molar-refractivity contribution in [3.8, 4) is 11.1 Å². The highest BCUT2D eigenvalue weighted by Gasteiger charge is 2.19. The fourth-order valence-electron chi connectivity index (χ4n) is 3.74. The van der Waals surface area contributed by atoms with Gasteiger partial charge in [-0.15, -0.1) is 0 Å². The van der Waals surface area contributed by atoms with Crippen molar-refractivity contribution in [3.63, 3.8) is 0 Å². The molecule has 0 bridgehead atoms. The largest absolute Gasteiger partial charge is 0.310 e. The minimum atomic E-state index is 0.102. The molecule has 0 unspecified atom stereocenters. The highest BCUT2D eigenvalue weighted by molar-refractivity contribution is 9.10. The number of hydrogen-bond acceptors (Lipinski definition) is 1. The summed E-state index contributed by atoms with van der Waals surface area (Å²) in [4.78, 5) is 2.27. The summed E-state index contributed by atoms with van der Waals surface area (Å²) in [7, 11) is 0. The molecule has 0 aliphatic rings. The second kappa shape index (κ2) is 8.90. The molecule has 0 heterocycles. The van der Waals surface area contributed by atoms with Gasteiger partial charge in [0.15, 0.2) is 0 Å². The van der Waals surface area contributed by atoms with Gasteiger partial charge >= 0.3 is 0 Å². The molecule has 0 amide bonds. The lowest BCUT2D eigenvalue weighted by Gasteiger charge is -2.29. The normalized spacial score (nSPS) is 11.4. The summed E-state index contributed by atoms with van der Waals surface area (Å²) in [5.41, 5.74) is 6.95. The Morgan fingerprint density at radius 1 is 0.710 bits per heavy atom. The Labute approximate surface area is 198 Å². The van der Waals surface area contributed by atoms with E-state index >= 15 is 0 Å². The number of hydrogen-bond donors (Lipinski definition) is 0. The van der Waals surface area contributed by atoms with Crippen LogP contribution in [0.15, 0.2) is 102 Å². The number of benzene rings is 4. The van der Waals surface area contributed by atoms with Gasteiger partial charge < -0.3 is 4.90 Å². The second-order valence-corrected chi connectivity index (χ2v) is 10.00. The molecule has 0 atom stereocenters. The van der Waals surface area contributed by atoms with E-state index in [1.54, 1.807) is 0 Å². The van der Waals surface area contributed by atoms with Gasteiger partial charge in [-0.1, -0.05) is 109 Å². The van der Waals surface area contributed by atoms with E-state index in [2.05, 4.69) is 120 Å². The van der Waals surface area contributed by atoms with E-state index in [1.165, 1.54) is 16.7 Å². The third-order valence-corrected chi connectivity index (χ3v) is 6.00. The number of para-hydroxylation sites is 1. The minimum absolute atomic E-state index is 0.102. The van der Waals surface area contributed by atoms with Crippen molar-refractivity contribution < 1.29 is 0 Å². The number of halogens is 2. The van der Waals surface area contributed by atoms with Gasteiger partial charge in [0.25, 0.3) is 0 Å². The van der Waals surface area contributed by atoms with Gasteiger partial charge in [0.2, 0.25) is 0 Å². The Kier molecular flexibility index (Phi) is 6.22. The zero-order valence-corrected chi connectivity index (χ0v) is 20.3. The number of anilines is 3. The monoisotopic (exact) mass is 489 g/mol. The average molecular weight is 491 g/mol. The smallest absolute Gasteiger partial charge is 0.0540 e. The van der Waals surface area contributed by atoms with Crippen molar-refractivity contribution in [3.05, 3.63) is 112 Å². The number of rotatable bonds is 4. The lowest BCUT2D eigenvalue weighted by molar-refractivity contribution is 0.590. The average Bonchev–Trinajstić information content (AvgIpc) is 2.74. The van der Waals surface area contributed by atoms with E-state index in [9.17, 15) is 0 Å². The van der Waals surface area contributed by atoms with Crippen LogP contribution in [0.25, 0.3) is 11.1 Å². The van der Waals surface area contributed by atoms with E-state index in [-0.39, 0.29) is 5.41 Å². The maximum absolute atomic E-state index is 6.45. The molecule has 0 radical (unpaired) electrons. The zero-order chi connectivity index (χ0) is 22.0. The van der Waals surface area contributed by atoms with E-state index in [1.807, 2.05) is 18.2 Å². The first-order chi connectivity index (χ1) is 14.8. The van der Waals surface area contributed by atoms with Crippen molar-refractivity contribution in [2.24, 2.45) is 0 Å². The van der Waals surface area contributed by atoms with Crippen LogP contribution in [-0.4, -0.2) is 0 Å². The Balaban J connectivity index is 1.93. The van der Waals surface area contributed by atoms with Crippen molar-refractivity contribution in [2.75, 3.05) is 4.90 Å². The molecule has 4 aromatic carbocycles. The molecule has 4 rings (SSSR count). The molecule has 0 saturated heterocycles. The fourth-order valence-corrected chi connectivity index (χ4v) is 4.58. The first kappa shape index (κ1) is 21.7. The van der Waals surface area contributed by atoms with Gasteiger partial charge in [-0.05, 0) is 52.9 Å². The summed E-state index contributed by atoms with van der Waals surface area (Å²) >= 11 is 10.1. The summed E-state index contributed by atoms with van der Waals surface area (Å²) in [6.07, 6.45) is 0. The molecule has 0 N–H and O–H groups in total. The summed E-state index contributed by atoms with van der Waals surface area (Å²) < 4.78 is 0.948. The number of nitrogens with zero attached hydrogens (tertiary/aromatic N) is 1. The highest BCUT2D eigenvalue weighted by atomic mass is 79.9. The molecule has 4 aromatic rings. The van der Waals surface area contributed by atoms with Gasteiger partial charge in [0, 0.05) is 26.4 Å². The second-order valence-electron chi connectivity index (χ2n) is 8.64. The van der Waals surface area contributed by atoms with Crippen LogP contribution in [0.2, 0.25) is 5.02 Å². The molecule has 1 nitrogen and oxygen atoms in total. The van der Waals surface area contributed by atoms with Gasteiger partial charge in [-0.3, -0.25) is 0 Å². The molecule has 0 saturated carbocycles. The quantitative estimate of drug-likeness (QED) is 0.275. The molecule has 156 valence electrons. The zero-order valence-electron chi connectivity index (χ0n) is 17.9. The SMILES string of the molecule is CC(C)(C)c1ccc(N(c2cc(Cl)cc(Br)c2)c2ccccc2-c2ccccc2)cc1. The summed E-state index contributed by atoms with van der Waals surface area (Å²) in [5.74, 6) is 0. The van der Waals surface area contributed by atoms with Crippen LogP contribution in [0.4, 0.5) is 17.1 Å². The molecule has 31 heavy (non-hydrogen) atoms. The van der Waals surface area contributed by atoms with Crippen molar-refractivity contribution >= 4 is 44.6 Å². The van der Waals surface area contributed by atoms with Crippen molar-refractivity contribution in [1.29, 1.82) is 0 Å². The lowest BCUT2D eigenvalue weighted by atomic mass is 9.87. The summed E-state index contributed by atoms with van der Waals surface area (Å²) in [6.45, 7) is 6.70. The predicted molar refractivity (Wildman–Crippen MR) is 138 cm³/mol.